The fourth-order valence-corrected chi connectivity index (χ4v) is 4.92. The molecule has 0 radical (unpaired) electrons. The molecule has 1 N–H and O–H groups in total. The Morgan fingerprint density at radius 3 is 2.45 bits per heavy atom. The second-order valence-corrected chi connectivity index (χ2v) is 10.3. The fraction of sp³-hybridized carbons (Fsp3) is 0.0400. The van der Waals surface area contributed by atoms with E-state index in [1.54, 1.807) is 29.7 Å². The molecule has 5 aromatic rings. The molecular formula is C25H17ClFN5O5S. The van der Waals surface area contributed by atoms with E-state index in [1.165, 1.54) is 30.3 Å². The number of nitro benzene ring substituents is 1. The van der Waals surface area contributed by atoms with Crippen molar-refractivity contribution in [2.45, 2.75) is 11.8 Å². The predicted octanol–water partition coefficient (Wildman–Crippen LogP) is 6.00. The maximum absolute atomic E-state index is 14.5. The van der Waals surface area contributed by atoms with Gasteiger partial charge in [0, 0.05) is 40.2 Å². The number of benzene rings is 3. The number of rotatable bonds is 7. The largest absolute Gasteiger partial charge is 0.454 e. The molecule has 0 atom stereocenters. The number of hydrogen-bond donors (Lipinski definition) is 1. The number of sulfonamides is 1. The fourth-order valence-electron chi connectivity index (χ4n) is 3.71. The molecule has 0 aliphatic carbocycles. The molecule has 0 saturated carbocycles. The van der Waals surface area contributed by atoms with Crippen molar-refractivity contribution < 1.29 is 22.5 Å². The molecular weight excluding hydrogens is 537 g/mol. The van der Waals surface area contributed by atoms with Crippen LogP contribution in [0.25, 0.3) is 16.8 Å². The average molecular weight is 554 g/mol. The molecule has 0 saturated heterocycles. The zero-order chi connectivity index (χ0) is 27.0. The van der Waals surface area contributed by atoms with Crippen molar-refractivity contribution in [1.82, 2.24) is 14.6 Å². The van der Waals surface area contributed by atoms with Gasteiger partial charge in [-0.05, 0) is 67.6 Å². The number of non-ortho nitro benzene ring substituents is 1. The molecule has 192 valence electrons. The van der Waals surface area contributed by atoms with Gasteiger partial charge >= 0.3 is 0 Å². The van der Waals surface area contributed by atoms with E-state index in [9.17, 15) is 22.9 Å². The van der Waals surface area contributed by atoms with Gasteiger partial charge in [-0.25, -0.2) is 12.8 Å². The quantitative estimate of drug-likeness (QED) is 0.193. The van der Waals surface area contributed by atoms with Crippen LogP contribution in [-0.2, 0) is 10.0 Å². The number of hydrogen-bond acceptors (Lipinski definition) is 7. The van der Waals surface area contributed by atoms with E-state index >= 15 is 0 Å². The molecule has 38 heavy (non-hydrogen) atoms. The lowest BCUT2D eigenvalue weighted by molar-refractivity contribution is -0.384. The van der Waals surface area contributed by atoms with Crippen molar-refractivity contribution >= 4 is 38.6 Å². The third-order valence-corrected chi connectivity index (χ3v) is 7.22. The van der Waals surface area contributed by atoms with Crippen LogP contribution in [0.5, 0.6) is 11.5 Å². The van der Waals surface area contributed by atoms with Crippen LogP contribution in [0, 0.1) is 22.9 Å². The number of aryl methyl sites for hydroxylation is 1. The molecule has 13 heteroatoms. The summed E-state index contributed by atoms with van der Waals surface area (Å²) < 4.78 is 50.5. The Bertz CT molecular complexity index is 1810. The minimum Gasteiger partial charge on any atom is -0.454 e. The summed E-state index contributed by atoms with van der Waals surface area (Å²) in [6, 6.07) is 16.5. The van der Waals surface area contributed by atoms with Crippen LogP contribution in [-0.4, -0.2) is 27.9 Å². The van der Waals surface area contributed by atoms with Crippen molar-refractivity contribution in [3.63, 3.8) is 0 Å². The number of ether oxygens (including phenoxy) is 1. The lowest BCUT2D eigenvalue weighted by atomic mass is 10.1. The third-order valence-electron chi connectivity index (χ3n) is 5.59. The van der Waals surface area contributed by atoms with Crippen molar-refractivity contribution in [1.29, 1.82) is 0 Å². The second-order valence-electron chi connectivity index (χ2n) is 8.14. The SMILES string of the molecule is Cc1nnc2ccc(-c3cc(NS(=O)(=O)c4ccc([N+](=O)[O-])cc4)ccc3Oc3ccc(Cl)cc3F)cn12. The summed E-state index contributed by atoms with van der Waals surface area (Å²) in [5, 5.41) is 19.2. The van der Waals surface area contributed by atoms with E-state index in [2.05, 4.69) is 14.9 Å². The molecule has 0 bridgehead atoms. The van der Waals surface area contributed by atoms with Gasteiger partial charge in [0.15, 0.2) is 17.2 Å². The first-order valence-electron chi connectivity index (χ1n) is 11.0. The molecule has 0 aliphatic rings. The molecule has 0 amide bonds. The lowest BCUT2D eigenvalue weighted by Gasteiger charge is -2.15. The van der Waals surface area contributed by atoms with Gasteiger partial charge < -0.3 is 4.74 Å². The number of anilines is 1. The molecule has 0 fully saturated rings. The Labute approximate surface area is 220 Å². The Kier molecular flexibility index (Phi) is 6.43. The van der Waals surface area contributed by atoms with Gasteiger partial charge in [0.05, 0.1) is 9.82 Å². The summed E-state index contributed by atoms with van der Waals surface area (Å²) in [5.41, 5.74) is 1.61. The summed E-state index contributed by atoms with van der Waals surface area (Å²) in [6.45, 7) is 1.78. The van der Waals surface area contributed by atoms with Crippen molar-refractivity contribution in [3.8, 4) is 22.6 Å². The van der Waals surface area contributed by atoms with E-state index in [0.29, 0.717) is 22.6 Å². The van der Waals surface area contributed by atoms with E-state index < -0.39 is 20.8 Å². The maximum Gasteiger partial charge on any atom is 0.269 e. The Morgan fingerprint density at radius 1 is 1.00 bits per heavy atom. The third kappa shape index (κ3) is 4.99. The van der Waals surface area contributed by atoms with E-state index in [-0.39, 0.29) is 32.8 Å². The van der Waals surface area contributed by atoms with Crippen LogP contribution in [0.1, 0.15) is 5.82 Å². The number of pyridine rings is 1. The number of fused-ring (bicyclic) bond motifs is 1. The van der Waals surface area contributed by atoms with Crippen LogP contribution < -0.4 is 9.46 Å². The van der Waals surface area contributed by atoms with Crippen molar-refractivity contribution in [3.05, 3.63) is 106 Å². The average Bonchev–Trinajstić information content (AvgIpc) is 3.26. The first-order valence-corrected chi connectivity index (χ1v) is 12.8. The van der Waals surface area contributed by atoms with E-state index in [0.717, 1.165) is 30.3 Å². The summed E-state index contributed by atoms with van der Waals surface area (Å²) in [7, 11) is -4.08. The molecule has 5 rings (SSSR count). The summed E-state index contributed by atoms with van der Waals surface area (Å²) in [5.74, 6) is 0.130. The first kappa shape index (κ1) is 25.1. The molecule has 0 spiro atoms. The standard InChI is InChI=1S/C25H17ClFN5O5S/c1-15-28-29-25-11-2-16(14-31(15)25)21-13-18(4-10-23(21)37-24-9-3-17(26)12-22(24)27)30-38(35,36)20-7-5-19(6-8-20)32(33)34/h2-14,30H,1H3. The maximum atomic E-state index is 14.5. The highest BCUT2D eigenvalue weighted by Crippen LogP contribution is 2.37. The Balaban J connectivity index is 1.56. The van der Waals surface area contributed by atoms with Gasteiger partial charge in [0.25, 0.3) is 15.7 Å². The van der Waals surface area contributed by atoms with Crippen LogP contribution in [0.4, 0.5) is 15.8 Å². The number of aromatic nitrogens is 3. The van der Waals surface area contributed by atoms with Gasteiger partial charge in [-0.2, -0.15) is 0 Å². The molecule has 2 aromatic heterocycles. The second kappa shape index (κ2) is 9.72. The van der Waals surface area contributed by atoms with Crippen LogP contribution in [0.3, 0.4) is 0 Å². The monoisotopic (exact) mass is 553 g/mol. The Morgan fingerprint density at radius 2 is 1.74 bits per heavy atom. The zero-order valence-electron chi connectivity index (χ0n) is 19.5. The van der Waals surface area contributed by atoms with Crippen LogP contribution in [0.2, 0.25) is 5.02 Å². The van der Waals surface area contributed by atoms with Crippen LogP contribution in [0.15, 0.2) is 83.9 Å². The molecule has 2 heterocycles. The van der Waals surface area contributed by atoms with E-state index in [1.807, 2.05) is 0 Å². The highest BCUT2D eigenvalue weighted by molar-refractivity contribution is 7.92. The van der Waals surface area contributed by atoms with E-state index in [4.69, 9.17) is 16.3 Å². The molecule has 3 aromatic carbocycles. The molecule has 10 nitrogen and oxygen atoms in total. The van der Waals surface area contributed by atoms with Gasteiger partial charge in [0.1, 0.15) is 11.6 Å². The topological polar surface area (TPSA) is 129 Å². The predicted molar refractivity (Wildman–Crippen MR) is 139 cm³/mol. The molecule has 0 aliphatic heterocycles. The first-order chi connectivity index (χ1) is 18.1. The minimum atomic E-state index is -4.08. The molecule has 0 unspecified atom stereocenters. The Hall–Kier alpha value is -4.55. The van der Waals surface area contributed by atoms with Crippen LogP contribution >= 0.6 is 11.6 Å². The van der Waals surface area contributed by atoms with Gasteiger partial charge in [-0.15, -0.1) is 10.2 Å². The summed E-state index contributed by atoms with van der Waals surface area (Å²) in [4.78, 5) is 10.1. The number of halogens is 2. The van der Waals surface area contributed by atoms with Gasteiger partial charge in [-0.1, -0.05) is 11.6 Å². The lowest BCUT2D eigenvalue weighted by Crippen LogP contribution is -2.13. The normalized spacial score (nSPS) is 11.4. The van der Waals surface area contributed by atoms with Gasteiger partial charge in [0.2, 0.25) is 0 Å². The number of nitrogens with zero attached hydrogens (tertiary/aromatic N) is 4. The van der Waals surface area contributed by atoms with Crippen molar-refractivity contribution in [2.75, 3.05) is 4.72 Å². The number of nitro groups is 1. The number of nitrogens with one attached hydrogen (secondary N) is 1. The van der Waals surface area contributed by atoms with Gasteiger partial charge in [-0.3, -0.25) is 19.2 Å². The zero-order valence-corrected chi connectivity index (χ0v) is 21.1. The highest BCUT2D eigenvalue weighted by atomic mass is 35.5. The summed E-state index contributed by atoms with van der Waals surface area (Å²) in [6.07, 6.45) is 1.75. The minimum absolute atomic E-state index is 0.0728. The summed E-state index contributed by atoms with van der Waals surface area (Å²) >= 11 is 5.85. The van der Waals surface area contributed by atoms with Crippen molar-refractivity contribution in [2.24, 2.45) is 0 Å². The smallest absolute Gasteiger partial charge is 0.269 e. The highest BCUT2D eigenvalue weighted by Gasteiger charge is 2.19.